The third-order valence-electron chi connectivity index (χ3n) is 5.43. The van der Waals surface area contributed by atoms with Gasteiger partial charge in [0.05, 0.1) is 35.3 Å². The van der Waals surface area contributed by atoms with Gasteiger partial charge in [0, 0.05) is 22.7 Å². The van der Waals surface area contributed by atoms with E-state index < -0.39 is 9.84 Å². The van der Waals surface area contributed by atoms with Gasteiger partial charge in [-0.15, -0.1) is 0 Å². The molecule has 2 aromatic carbocycles. The zero-order valence-corrected chi connectivity index (χ0v) is 21.2. The van der Waals surface area contributed by atoms with Gasteiger partial charge >= 0.3 is 0 Å². The van der Waals surface area contributed by atoms with E-state index >= 15 is 0 Å². The first-order valence-corrected chi connectivity index (χ1v) is 12.8. The van der Waals surface area contributed by atoms with E-state index in [9.17, 15) is 8.42 Å². The fourth-order valence-electron chi connectivity index (χ4n) is 3.44. The molecule has 0 amide bonds. The number of benzene rings is 2. The molecule has 0 unspecified atom stereocenters. The van der Waals surface area contributed by atoms with Crippen molar-refractivity contribution >= 4 is 21.5 Å². The van der Waals surface area contributed by atoms with Gasteiger partial charge in [0.15, 0.2) is 15.6 Å². The molecule has 0 aliphatic carbocycles. The molecule has 2 aromatic heterocycles. The van der Waals surface area contributed by atoms with Gasteiger partial charge in [-0.25, -0.2) is 23.4 Å². The smallest absolute Gasteiger partial charge is 0.299 e. The molecule has 0 saturated heterocycles. The van der Waals surface area contributed by atoms with E-state index in [-0.39, 0.29) is 22.1 Å². The molecule has 0 aliphatic rings. The summed E-state index contributed by atoms with van der Waals surface area (Å²) in [5.41, 5.74) is 2.87. The Labute approximate surface area is 205 Å². The second-order valence-electron chi connectivity index (χ2n) is 9.02. The first-order valence-electron chi connectivity index (χ1n) is 11.2. The van der Waals surface area contributed by atoms with Crippen molar-refractivity contribution in [2.75, 3.05) is 18.2 Å². The highest BCUT2D eigenvalue weighted by Gasteiger charge is 2.19. The van der Waals surface area contributed by atoms with Crippen LogP contribution in [0.15, 0.2) is 70.2 Å². The predicted molar refractivity (Wildman–Crippen MR) is 136 cm³/mol. The van der Waals surface area contributed by atoms with Crippen molar-refractivity contribution in [1.29, 1.82) is 0 Å². The second kappa shape index (κ2) is 9.50. The Kier molecular flexibility index (Phi) is 6.62. The highest BCUT2D eigenvalue weighted by atomic mass is 32.2. The maximum absolute atomic E-state index is 12.3. The minimum absolute atomic E-state index is 0.00182. The van der Waals surface area contributed by atoms with Crippen LogP contribution in [-0.4, -0.2) is 36.2 Å². The van der Waals surface area contributed by atoms with Gasteiger partial charge in [0.1, 0.15) is 11.6 Å². The van der Waals surface area contributed by atoms with Crippen LogP contribution >= 0.6 is 0 Å². The van der Waals surface area contributed by atoms with Crippen LogP contribution in [0.5, 0.6) is 5.75 Å². The van der Waals surface area contributed by atoms with Crippen molar-refractivity contribution in [2.24, 2.45) is 0 Å². The van der Waals surface area contributed by atoms with Crippen molar-refractivity contribution in [3.63, 3.8) is 0 Å². The first-order chi connectivity index (χ1) is 16.6. The van der Waals surface area contributed by atoms with Crippen LogP contribution in [0.25, 0.3) is 22.6 Å². The van der Waals surface area contributed by atoms with Gasteiger partial charge in [-0.3, -0.25) is 0 Å². The summed E-state index contributed by atoms with van der Waals surface area (Å²) in [6, 6.07) is 14.6. The minimum Gasteiger partial charge on any atom is -0.495 e. The molecule has 8 nitrogen and oxygen atoms in total. The molecule has 0 aliphatic heterocycles. The van der Waals surface area contributed by atoms with Crippen molar-refractivity contribution in [1.82, 2.24) is 15.0 Å². The number of aromatic nitrogens is 3. The molecule has 0 spiro atoms. The van der Waals surface area contributed by atoms with Crippen LogP contribution in [0, 0.1) is 0 Å². The average molecular weight is 493 g/mol. The molecule has 0 radical (unpaired) electrons. The first kappa shape index (κ1) is 24.4. The average Bonchev–Trinajstić information content (AvgIpc) is 3.32. The summed E-state index contributed by atoms with van der Waals surface area (Å²) in [6.07, 6.45) is 3.38. The molecule has 4 rings (SSSR count). The third kappa shape index (κ3) is 5.35. The normalized spacial score (nSPS) is 11.9. The fourth-order valence-corrected chi connectivity index (χ4v) is 4.34. The van der Waals surface area contributed by atoms with Crippen molar-refractivity contribution in [3.05, 3.63) is 66.7 Å². The topological polar surface area (TPSA) is 107 Å². The number of rotatable bonds is 7. The van der Waals surface area contributed by atoms with Crippen molar-refractivity contribution < 1.29 is 17.6 Å². The van der Waals surface area contributed by atoms with Gasteiger partial charge < -0.3 is 14.5 Å². The Hall–Kier alpha value is -3.72. The van der Waals surface area contributed by atoms with Gasteiger partial charge in [0.25, 0.3) is 6.01 Å². The molecule has 0 saturated carbocycles. The lowest BCUT2D eigenvalue weighted by molar-refractivity contribution is 0.416. The van der Waals surface area contributed by atoms with Crippen LogP contribution in [0.4, 0.5) is 11.7 Å². The molecule has 1 N–H and O–H groups in total. The number of methoxy groups -OCH3 is 1. The summed E-state index contributed by atoms with van der Waals surface area (Å²) >= 11 is 0. The lowest BCUT2D eigenvalue weighted by atomic mass is 9.95. The number of hydrogen-bond donors (Lipinski definition) is 1. The van der Waals surface area contributed by atoms with Crippen LogP contribution in [0.1, 0.15) is 33.5 Å². The molecule has 0 bridgehead atoms. The Morgan fingerprint density at radius 2 is 1.80 bits per heavy atom. The zero-order chi connectivity index (χ0) is 25.2. The summed E-state index contributed by atoms with van der Waals surface area (Å²) in [4.78, 5) is 13.6. The summed E-state index contributed by atoms with van der Waals surface area (Å²) in [6.45, 7) is 7.84. The van der Waals surface area contributed by atoms with Gasteiger partial charge in [0.2, 0.25) is 0 Å². The number of nitrogens with zero attached hydrogens (tertiary/aromatic N) is 3. The van der Waals surface area contributed by atoms with Gasteiger partial charge in [-0.2, -0.15) is 0 Å². The van der Waals surface area contributed by atoms with E-state index in [1.807, 2.05) is 30.3 Å². The minimum atomic E-state index is -3.38. The lowest BCUT2D eigenvalue weighted by Crippen LogP contribution is -2.15. The monoisotopic (exact) mass is 492 g/mol. The van der Waals surface area contributed by atoms with Crippen molar-refractivity contribution in [2.45, 2.75) is 38.0 Å². The maximum atomic E-state index is 12.3. The quantitative estimate of drug-likeness (QED) is 0.353. The van der Waals surface area contributed by atoms with Crippen LogP contribution in [0.2, 0.25) is 0 Å². The molecule has 35 heavy (non-hydrogen) atoms. The standard InChI is InChI=1S/C26H28N4O4S/c1-6-35(31,32)19-10-11-22(33-5)21(15-19)30-25-28-16-23(34-25)18-9-7-8-17(14-18)20-12-13-27-24(29-20)26(2,3)4/h7-16H,6H2,1-5H3,(H,28,30). The summed E-state index contributed by atoms with van der Waals surface area (Å²) in [7, 11) is -1.86. The Balaban J connectivity index is 1.63. The number of oxazole rings is 1. The number of nitrogens with one attached hydrogen (secondary N) is 1. The third-order valence-corrected chi connectivity index (χ3v) is 7.16. The number of ether oxygens (including phenoxy) is 1. The van der Waals surface area contributed by atoms with Crippen molar-refractivity contribution in [3.8, 4) is 28.3 Å². The van der Waals surface area contributed by atoms with Crippen LogP contribution in [-0.2, 0) is 15.3 Å². The molecular formula is C26H28N4O4S. The molecule has 2 heterocycles. The maximum Gasteiger partial charge on any atom is 0.299 e. The Morgan fingerprint density at radius 1 is 1.03 bits per heavy atom. The van der Waals surface area contributed by atoms with E-state index in [2.05, 4.69) is 36.1 Å². The van der Waals surface area contributed by atoms with E-state index in [0.717, 1.165) is 22.6 Å². The van der Waals surface area contributed by atoms with E-state index in [0.29, 0.717) is 17.2 Å². The Morgan fingerprint density at radius 3 is 2.51 bits per heavy atom. The van der Waals surface area contributed by atoms with Crippen LogP contribution in [0.3, 0.4) is 0 Å². The molecular weight excluding hydrogens is 464 g/mol. The molecule has 0 fully saturated rings. The SMILES string of the molecule is CCS(=O)(=O)c1ccc(OC)c(Nc2ncc(-c3cccc(-c4ccnc(C(C)(C)C)n4)c3)o2)c1. The number of anilines is 2. The lowest BCUT2D eigenvalue weighted by Gasteiger charge is -2.16. The van der Waals surface area contributed by atoms with Crippen LogP contribution < -0.4 is 10.1 Å². The largest absolute Gasteiger partial charge is 0.495 e. The highest BCUT2D eigenvalue weighted by Crippen LogP contribution is 2.33. The Bertz CT molecular complexity index is 1460. The predicted octanol–water partition coefficient (Wildman–Crippen LogP) is 5.64. The molecule has 9 heteroatoms. The molecule has 182 valence electrons. The fraction of sp³-hybridized carbons (Fsp3) is 0.269. The molecule has 0 atom stereocenters. The van der Waals surface area contributed by atoms with Gasteiger partial charge in [-0.05, 0) is 30.3 Å². The summed E-state index contributed by atoms with van der Waals surface area (Å²) < 4.78 is 35.9. The van der Waals surface area contributed by atoms with E-state index in [1.165, 1.54) is 19.2 Å². The zero-order valence-electron chi connectivity index (χ0n) is 20.4. The van der Waals surface area contributed by atoms with Gasteiger partial charge in [-0.1, -0.05) is 45.9 Å². The van der Waals surface area contributed by atoms with E-state index in [4.69, 9.17) is 14.1 Å². The van der Waals surface area contributed by atoms with E-state index in [1.54, 1.807) is 25.4 Å². The number of hydrogen-bond acceptors (Lipinski definition) is 8. The second-order valence-corrected chi connectivity index (χ2v) is 11.3. The molecule has 4 aromatic rings. The summed E-state index contributed by atoms with van der Waals surface area (Å²) in [5.74, 6) is 1.80. The summed E-state index contributed by atoms with van der Waals surface area (Å²) in [5, 5.41) is 3.03. The highest BCUT2D eigenvalue weighted by molar-refractivity contribution is 7.91. The number of sulfone groups is 1.